The summed E-state index contributed by atoms with van der Waals surface area (Å²) in [5, 5.41) is 10.6. The van der Waals surface area contributed by atoms with Crippen molar-refractivity contribution in [3.63, 3.8) is 0 Å². The van der Waals surface area contributed by atoms with Crippen LogP contribution in [0.1, 0.15) is 44.6 Å². The van der Waals surface area contributed by atoms with E-state index in [0.717, 1.165) is 24.8 Å². The third kappa shape index (κ3) is 2.62. The number of ether oxygens (including phenoxy) is 1. The van der Waals surface area contributed by atoms with Crippen LogP contribution in [-0.2, 0) is 10.5 Å². The van der Waals surface area contributed by atoms with Crippen LogP contribution in [0.3, 0.4) is 0 Å². The number of carbonyl (C=O) groups is 1. The van der Waals surface area contributed by atoms with E-state index in [1.165, 1.54) is 6.42 Å². The number of hydrogen-bond donors (Lipinski definition) is 1. The first-order valence-electron chi connectivity index (χ1n) is 8.36. The molecule has 2 bridgehead atoms. The van der Waals surface area contributed by atoms with Gasteiger partial charge in [-0.25, -0.2) is 4.79 Å². The maximum Gasteiger partial charge on any atom is 0.410 e. The molecule has 1 aromatic carbocycles. The van der Waals surface area contributed by atoms with Crippen molar-refractivity contribution >= 4 is 17.7 Å². The molecule has 0 radical (unpaired) electrons. The molecule has 3 rings (SSSR count). The predicted octanol–water partition coefficient (Wildman–Crippen LogP) is 4.72. The first-order valence-corrected chi connectivity index (χ1v) is 8.73. The molecule has 0 spiro atoms. The molecule has 4 nitrogen and oxygen atoms in total. The number of amides is 1. The molecule has 2 aliphatic carbocycles. The zero-order chi connectivity index (χ0) is 16.6. The van der Waals surface area contributed by atoms with E-state index in [0.29, 0.717) is 23.3 Å². The topological polar surface area (TPSA) is 49.8 Å². The van der Waals surface area contributed by atoms with Crippen molar-refractivity contribution in [2.24, 2.45) is 11.8 Å². The number of carboxylic acid groups (broad SMARTS) is 1. The molecule has 5 heteroatoms. The third-order valence-electron chi connectivity index (χ3n) is 5.74. The van der Waals surface area contributed by atoms with Gasteiger partial charge in [0.05, 0.1) is 0 Å². The summed E-state index contributed by atoms with van der Waals surface area (Å²) >= 11 is 6.40. The summed E-state index contributed by atoms with van der Waals surface area (Å²) in [6.07, 6.45) is 4.02. The van der Waals surface area contributed by atoms with E-state index < -0.39 is 11.8 Å². The Labute approximate surface area is 142 Å². The highest BCUT2D eigenvalue weighted by molar-refractivity contribution is 6.31. The van der Waals surface area contributed by atoms with E-state index in [2.05, 4.69) is 0 Å². The molecular formula is C18H24ClNO3. The second kappa shape index (κ2) is 6.33. The highest BCUT2D eigenvalue weighted by Gasteiger charge is 2.52. The Morgan fingerprint density at radius 2 is 2.13 bits per heavy atom. The summed E-state index contributed by atoms with van der Waals surface area (Å²) in [7, 11) is 1.58. The average molecular weight is 338 g/mol. The van der Waals surface area contributed by atoms with E-state index in [4.69, 9.17) is 16.3 Å². The maximum atomic E-state index is 12.2. The standard InChI is InChI=1S/C18H24ClNO3/c1-3-18(23-2,14-6-4-5-7-15(14)19)20(17(21)22)16-11-12-8-9-13(16)10-12/h4-7,12-13,16H,3,8-11H2,1-2H3,(H,21,22)/t12?,13?,16?,18-/m0/s1. The molecule has 4 atom stereocenters. The lowest BCUT2D eigenvalue weighted by Crippen LogP contribution is -2.56. The van der Waals surface area contributed by atoms with E-state index in [-0.39, 0.29) is 6.04 Å². The maximum absolute atomic E-state index is 12.2. The van der Waals surface area contributed by atoms with Crippen molar-refractivity contribution in [3.05, 3.63) is 34.9 Å². The first kappa shape index (κ1) is 16.6. The Morgan fingerprint density at radius 1 is 1.39 bits per heavy atom. The van der Waals surface area contributed by atoms with Crippen LogP contribution in [0.15, 0.2) is 24.3 Å². The van der Waals surface area contributed by atoms with Crippen LogP contribution < -0.4 is 0 Å². The van der Waals surface area contributed by atoms with Gasteiger partial charge in [-0.05, 0) is 43.6 Å². The predicted molar refractivity (Wildman–Crippen MR) is 89.5 cm³/mol. The molecule has 2 fully saturated rings. The second-order valence-corrected chi connectivity index (χ2v) is 7.12. The van der Waals surface area contributed by atoms with Gasteiger partial charge in [0.2, 0.25) is 0 Å². The lowest BCUT2D eigenvalue weighted by atomic mass is 9.89. The molecule has 1 N–H and O–H groups in total. The number of benzene rings is 1. The lowest BCUT2D eigenvalue weighted by Gasteiger charge is -2.46. The molecule has 1 amide bonds. The lowest BCUT2D eigenvalue weighted by molar-refractivity contribution is -0.152. The normalized spacial score (nSPS) is 28.6. The first-order chi connectivity index (χ1) is 11.0. The summed E-state index contributed by atoms with van der Waals surface area (Å²) in [4.78, 5) is 13.8. The van der Waals surface area contributed by atoms with Gasteiger partial charge in [-0.1, -0.05) is 43.1 Å². The van der Waals surface area contributed by atoms with Gasteiger partial charge in [-0.2, -0.15) is 0 Å². The minimum atomic E-state index is -1.03. The van der Waals surface area contributed by atoms with E-state index in [9.17, 15) is 9.90 Å². The molecule has 0 aromatic heterocycles. The fourth-order valence-electron chi connectivity index (χ4n) is 4.71. The minimum absolute atomic E-state index is 0.0161. The van der Waals surface area contributed by atoms with Gasteiger partial charge >= 0.3 is 6.09 Å². The number of nitrogens with zero attached hydrogens (tertiary/aromatic N) is 1. The van der Waals surface area contributed by atoms with Gasteiger partial charge in [0, 0.05) is 23.7 Å². The largest absolute Gasteiger partial charge is 0.465 e. The van der Waals surface area contributed by atoms with Crippen molar-refractivity contribution < 1.29 is 14.6 Å². The highest BCUT2D eigenvalue weighted by atomic mass is 35.5. The van der Waals surface area contributed by atoms with Gasteiger partial charge in [0.15, 0.2) is 5.72 Å². The average Bonchev–Trinajstić information content (AvgIpc) is 3.16. The Bertz CT molecular complexity index is 587. The van der Waals surface area contributed by atoms with Crippen molar-refractivity contribution in [2.45, 2.75) is 50.8 Å². The van der Waals surface area contributed by atoms with Crippen LogP contribution in [0, 0.1) is 11.8 Å². The quantitative estimate of drug-likeness (QED) is 0.791. The van der Waals surface area contributed by atoms with E-state index in [1.807, 2.05) is 25.1 Å². The number of fused-ring (bicyclic) bond motifs is 2. The van der Waals surface area contributed by atoms with Gasteiger partial charge in [-0.15, -0.1) is 0 Å². The molecule has 0 aliphatic heterocycles. The van der Waals surface area contributed by atoms with Crippen molar-refractivity contribution in [1.82, 2.24) is 4.90 Å². The number of hydrogen-bond acceptors (Lipinski definition) is 2. The smallest absolute Gasteiger partial charge is 0.410 e. The highest BCUT2D eigenvalue weighted by Crippen LogP contribution is 2.50. The molecule has 2 saturated carbocycles. The zero-order valence-corrected chi connectivity index (χ0v) is 14.4. The number of methoxy groups -OCH3 is 1. The van der Waals surface area contributed by atoms with Crippen LogP contribution in [0.5, 0.6) is 0 Å². The SMILES string of the molecule is CC[C@](OC)(c1ccccc1Cl)N(C(=O)O)C1CC2CCC1C2. The van der Waals surface area contributed by atoms with Gasteiger partial charge in [0.1, 0.15) is 0 Å². The zero-order valence-electron chi connectivity index (χ0n) is 13.7. The fraction of sp³-hybridized carbons (Fsp3) is 0.611. The van der Waals surface area contributed by atoms with Gasteiger partial charge in [-0.3, -0.25) is 4.90 Å². The van der Waals surface area contributed by atoms with Crippen LogP contribution >= 0.6 is 11.6 Å². The molecule has 1 aromatic rings. The Kier molecular flexibility index (Phi) is 4.56. The monoisotopic (exact) mass is 337 g/mol. The van der Waals surface area contributed by atoms with Crippen LogP contribution in [0.25, 0.3) is 0 Å². The summed E-state index contributed by atoms with van der Waals surface area (Å²) in [5.41, 5.74) is -0.295. The molecule has 2 aliphatic rings. The summed E-state index contributed by atoms with van der Waals surface area (Å²) in [5.74, 6) is 1.10. The molecule has 126 valence electrons. The van der Waals surface area contributed by atoms with E-state index in [1.54, 1.807) is 18.1 Å². The van der Waals surface area contributed by atoms with Crippen LogP contribution in [-0.4, -0.2) is 29.3 Å². The molecule has 23 heavy (non-hydrogen) atoms. The summed E-state index contributed by atoms with van der Waals surface area (Å²) in [6, 6.07) is 7.41. The Hall–Kier alpha value is -1.26. The summed E-state index contributed by atoms with van der Waals surface area (Å²) < 4.78 is 5.86. The van der Waals surface area contributed by atoms with Gasteiger partial charge < -0.3 is 9.84 Å². The van der Waals surface area contributed by atoms with Gasteiger partial charge in [0.25, 0.3) is 0 Å². The second-order valence-electron chi connectivity index (χ2n) is 6.72. The molecular weight excluding hydrogens is 314 g/mol. The molecule has 0 heterocycles. The number of rotatable bonds is 5. The van der Waals surface area contributed by atoms with Crippen molar-refractivity contribution in [1.29, 1.82) is 0 Å². The number of halogens is 1. The van der Waals surface area contributed by atoms with E-state index >= 15 is 0 Å². The third-order valence-corrected chi connectivity index (χ3v) is 6.07. The molecule has 3 unspecified atom stereocenters. The van der Waals surface area contributed by atoms with Crippen LogP contribution in [0.4, 0.5) is 4.79 Å². The Morgan fingerprint density at radius 3 is 2.61 bits per heavy atom. The molecule has 0 saturated heterocycles. The fourth-order valence-corrected chi connectivity index (χ4v) is 5.00. The summed E-state index contributed by atoms with van der Waals surface area (Å²) in [6.45, 7) is 1.95. The minimum Gasteiger partial charge on any atom is -0.465 e. The Balaban J connectivity index is 2.06. The van der Waals surface area contributed by atoms with Crippen molar-refractivity contribution in [3.8, 4) is 0 Å². The van der Waals surface area contributed by atoms with Crippen LogP contribution in [0.2, 0.25) is 5.02 Å². The van der Waals surface area contributed by atoms with Crippen molar-refractivity contribution in [2.75, 3.05) is 7.11 Å².